The third kappa shape index (κ3) is 4.69. The molecule has 0 atom stereocenters. The molecule has 152 valence electrons. The molecule has 0 spiro atoms. The first kappa shape index (κ1) is 21.1. The SMILES string of the molecule is CC(C)N(C)S(=O)(=O)c1cccc(C(=O)Nc2nc(-c3ccc(F)cc3)cs2)c1. The number of carbonyl (C=O) groups excluding carboxylic acids is 1. The summed E-state index contributed by atoms with van der Waals surface area (Å²) in [6.45, 7) is 3.55. The predicted molar refractivity (Wildman–Crippen MR) is 112 cm³/mol. The Morgan fingerprint density at radius 3 is 2.52 bits per heavy atom. The van der Waals surface area contributed by atoms with E-state index >= 15 is 0 Å². The molecular weight excluding hydrogens is 413 g/mol. The lowest BCUT2D eigenvalue weighted by atomic mass is 10.2. The Bertz CT molecular complexity index is 1130. The van der Waals surface area contributed by atoms with Crippen molar-refractivity contribution < 1.29 is 17.6 Å². The zero-order chi connectivity index (χ0) is 21.2. The maximum Gasteiger partial charge on any atom is 0.257 e. The van der Waals surface area contributed by atoms with E-state index in [1.807, 2.05) is 0 Å². The number of halogens is 1. The van der Waals surface area contributed by atoms with Crippen molar-refractivity contribution in [1.82, 2.24) is 9.29 Å². The van der Waals surface area contributed by atoms with Crippen LogP contribution in [-0.4, -0.2) is 36.7 Å². The lowest BCUT2D eigenvalue weighted by Gasteiger charge is -2.21. The monoisotopic (exact) mass is 433 g/mol. The molecule has 1 aromatic heterocycles. The van der Waals surface area contributed by atoms with Gasteiger partial charge in [-0.15, -0.1) is 11.3 Å². The number of benzene rings is 2. The molecule has 1 N–H and O–H groups in total. The van der Waals surface area contributed by atoms with Gasteiger partial charge in [0, 0.05) is 29.6 Å². The minimum absolute atomic E-state index is 0.0486. The van der Waals surface area contributed by atoms with Gasteiger partial charge < -0.3 is 0 Å². The largest absolute Gasteiger partial charge is 0.298 e. The van der Waals surface area contributed by atoms with Crippen LogP contribution in [0.3, 0.4) is 0 Å². The summed E-state index contributed by atoms with van der Waals surface area (Å²) in [6.07, 6.45) is 0. The van der Waals surface area contributed by atoms with E-state index in [2.05, 4.69) is 10.3 Å². The van der Waals surface area contributed by atoms with E-state index in [9.17, 15) is 17.6 Å². The van der Waals surface area contributed by atoms with Crippen LogP contribution in [0.5, 0.6) is 0 Å². The molecule has 6 nitrogen and oxygen atoms in total. The van der Waals surface area contributed by atoms with Crippen molar-refractivity contribution in [3.05, 3.63) is 65.3 Å². The summed E-state index contributed by atoms with van der Waals surface area (Å²) in [5.41, 5.74) is 1.55. The number of nitrogens with one attached hydrogen (secondary N) is 1. The second kappa shape index (κ2) is 8.40. The number of hydrogen-bond acceptors (Lipinski definition) is 5. The highest BCUT2D eigenvalue weighted by Gasteiger charge is 2.24. The Balaban J connectivity index is 1.79. The fraction of sp³-hybridized carbons (Fsp3) is 0.200. The van der Waals surface area contributed by atoms with Gasteiger partial charge in [-0.1, -0.05) is 6.07 Å². The second-order valence-corrected chi connectivity index (χ2v) is 9.50. The number of rotatable bonds is 6. The predicted octanol–water partition coefficient (Wildman–Crippen LogP) is 4.23. The van der Waals surface area contributed by atoms with Crippen LogP contribution in [0.1, 0.15) is 24.2 Å². The molecule has 0 aliphatic rings. The van der Waals surface area contributed by atoms with Crippen molar-refractivity contribution >= 4 is 32.4 Å². The number of aromatic nitrogens is 1. The first-order valence-electron chi connectivity index (χ1n) is 8.79. The van der Waals surface area contributed by atoms with Crippen molar-refractivity contribution in [2.24, 2.45) is 0 Å². The molecule has 0 saturated carbocycles. The van der Waals surface area contributed by atoms with Crippen molar-refractivity contribution in [3.8, 4) is 11.3 Å². The summed E-state index contributed by atoms with van der Waals surface area (Å²) >= 11 is 1.23. The van der Waals surface area contributed by atoms with Gasteiger partial charge in [-0.25, -0.2) is 17.8 Å². The van der Waals surface area contributed by atoms with Crippen molar-refractivity contribution in [2.75, 3.05) is 12.4 Å². The Kier molecular flexibility index (Phi) is 6.11. The van der Waals surface area contributed by atoms with Crippen LogP contribution >= 0.6 is 11.3 Å². The second-order valence-electron chi connectivity index (χ2n) is 6.64. The Labute approximate surface area is 173 Å². The van der Waals surface area contributed by atoms with Crippen molar-refractivity contribution in [1.29, 1.82) is 0 Å². The summed E-state index contributed by atoms with van der Waals surface area (Å²) in [7, 11) is -2.19. The molecule has 2 aromatic carbocycles. The summed E-state index contributed by atoms with van der Waals surface area (Å²) in [5.74, 6) is -0.801. The van der Waals surface area contributed by atoms with Crippen LogP contribution < -0.4 is 5.32 Å². The van der Waals surface area contributed by atoms with Gasteiger partial charge in [0.05, 0.1) is 10.6 Å². The smallest absolute Gasteiger partial charge is 0.257 e. The average molecular weight is 434 g/mol. The zero-order valence-electron chi connectivity index (χ0n) is 16.1. The molecule has 1 amide bonds. The lowest BCUT2D eigenvalue weighted by Crippen LogP contribution is -2.33. The van der Waals surface area contributed by atoms with Gasteiger partial charge in [0.25, 0.3) is 5.91 Å². The van der Waals surface area contributed by atoms with Gasteiger partial charge in [-0.05, 0) is 56.3 Å². The molecule has 3 aromatic rings. The fourth-order valence-electron chi connectivity index (χ4n) is 2.50. The van der Waals surface area contributed by atoms with Gasteiger partial charge in [-0.3, -0.25) is 10.1 Å². The average Bonchev–Trinajstić information content (AvgIpc) is 3.16. The highest BCUT2D eigenvalue weighted by atomic mass is 32.2. The van der Waals surface area contributed by atoms with E-state index in [1.54, 1.807) is 31.4 Å². The van der Waals surface area contributed by atoms with Gasteiger partial charge in [0.15, 0.2) is 5.13 Å². The van der Waals surface area contributed by atoms with Crippen LogP contribution in [0.15, 0.2) is 58.8 Å². The molecule has 1 heterocycles. The molecule has 0 radical (unpaired) electrons. The van der Waals surface area contributed by atoms with E-state index < -0.39 is 15.9 Å². The number of carbonyl (C=O) groups is 1. The Hall–Kier alpha value is -2.62. The quantitative estimate of drug-likeness (QED) is 0.631. The maximum atomic E-state index is 13.1. The first-order valence-corrected chi connectivity index (χ1v) is 11.1. The van der Waals surface area contributed by atoms with Gasteiger partial charge in [0.2, 0.25) is 10.0 Å². The van der Waals surface area contributed by atoms with E-state index in [0.717, 1.165) is 5.56 Å². The Morgan fingerprint density at radius 2 is 1.86 bits per heavy atom. The number of hydrogen-bond donors (Lipinski definition) is 1. The molecule has 0 fully saturated rings. The molecule has 0 aliphatic carbocycles. The number of thiazole rings is 1. The third-order valence-electron chi connectivity index (χ3n) is 4.37. The van der Waals surface area contributed by atoms with Gasteiger partial charge in [-0.2, -0.15) is 4.31 Å². The molecular formula is C20H20FN3O3S2. The van der Waals surface area contributed by atoms with Crippen LogP contribution in [0.2, 0.25) is 0 Å². The van der Waals surface area contributed by atoms with Crippen LogP contribution in [-0.2, 0) is 10.0 Å². The van der Waals surface area contributed by atoms with E-state index in [0.29, 0.717) is 10.8 Å². The first-order chi connectivity index (χ1) is 13.7. The van der Waals surface area contributed by atoms with Crippen molar-refractivity contribution in [2.45, 2.75) is 24.8 Å². The summed E-state index contributed by atoms with van der Waals surface area (Å²) in [5, 5.41) is 4.79. The molecule has 9 heteroatoms. The van der Waals surface area contributed by atoms with Crippen LogP contribution in [0.4, 0.5) is 9.52 Å². The van der Waals surface area contributed by atoms with Crippen LogP contribution in [0, 0.1) is 5.82 Å². The zero-order valence-corrected chi connectivity index (χ0v) is 17.7. The molecule has 0 saturated heterocycles. The number of sulfonamides is 1. The topological polar surface area (TPSA) is 79.4 Å². The maximum absolute atomic E-state index is 13.1. The number of amides is 1. The van der Waals surface area contributed by atoms with Gasteiger partial charge in [0.1, 0.15) is 5.82 Å². The van der Waals surface area contributed by atoms with Gasteiger partial charge >= 0.3 is 0 Å². The summed E-state index contributed by atoms with van der Waals surface area (Å²) < 4.78 is 39.6. The highest BCUT2D eigenvalue weighted by Crippen LogP contribution is 2.26. The number of anilines is 1. The summed E-state index contributed by atoms with van der Waals surface area (Å²) in [6, 6.07) is 11.6. The third-order valence-corrected chi connectivity index (χ3v) is 7.15. The molecule has 0 bridgehead atoms. The van der Waals surface area contributed by atoms with E-state index in [4.69, 9.17) is 0 Å². The number of nitrogens with zero attached hydrogens (tertiary/aromatic N) is 2. The molecule has 0 unspecified atom stereocenters. The molecule has 0 aliphatic heterocycles. The Morgan fingerprint density at radius 1 is 1.17 bits per heavy atom. The molecule has 3 rings (SSSR count). The standard InChI is InChI=1S/C20H20FN3O3S2/c1-13(2)24(3)29(26,27)17-6-4-5-15(11-17)19(25)23-20-22-18(12-28-20)14-7-9-16(21)10-8-14/h4-13H,1-3H3,(H,22,23,25). The molecule has 29 heavy (non-hydrogen) atoms. The fourth-order valence-corrected chi connectivity index (χ4v) is 4.62. The lowest BCUT2D eigenvalue weighted by molar-refractivity contribution is 0.102. The minimum atomic E-state index is -3.69. The normalized spacial score (nSPS) is 11.8. The van der Waals surface area contributed by atoms with E-state index in [-0.39, 0.29) is 22.3 Å². The summed E-state index contributed by atoms with van der Waals surface area (Å²) in [4.78, 5) is 17.0. The minimum Gasteiger partial charge on any atom is -0.298 e. The highest BCUT2D eigenvalue weighted by molar-refractivity contribution is 7.89. The van der Waals surface area contributed by atoms with Crippen molar-refractivity contribution in [3.63, 3.8) is 0 Å². The van der Waals surface area contributed by atoms with Crippen LogP contribution in [0.25, 0.3) is 11.3 Å². The van der Waals surface area contributed by atoms with E-state index in [1.165, 1.54) is 59.1 Å².